The Bertz CT molecular complexity index is 370. The van der Waals surface area contributed by atoms with Crippen LogP contribution in [0.4, 0.5) is 0 Å². The van der Waals surface area contributed by atoms with Gasteiger partial charge in [0.25, 0.3) is 0 Å². The average molecular weight is 269 g/mol. The molecule has 0 bridgehead atoms. The maximum Gasteiger partial charge on any atom is 0.221 e. The van der Waals surface area contributed by atoms with E-state index in [0.29, 0.717) is 13.0 Å². The zero-order valence-corrected chi connectivity index (χ0v) is 12.5. The monoisotopic (exact) mass is 269 g/mol. The fourth-order valence-electron chi connectivity index (χ4n) is 1.46. The Labute approximate surface area is 113 Å². The number of aryl methyl sites for hydroxylation is 2. The number of amides is 1. The molecule has 1 heterocycles. The van der Waals surface area contributed by atoms with Crippen molar-refractivity contribution in [3.8, 4) is 0 Å². The molecule has 0 saturated heterocycles. The standard InChI is InChI=1S/C13H23N3OS/c1-5-9(2)15-12(17)6-7-14-8-13-16-10(3)11(4)18-13/h9,14H,5-8H2,1-4H3,(H,15,17). The third-order valence-electron chi connectivity index (χ3n) is 2.90. The molecule has 1 rings (SSSR count). The first-order chi connectivity index (χ1) is 8.52. The number of hydrogen-bond acceptors (Lipinski definition) is 4. The fourth-order valence-corrected chi connectivity index (χ4v) is 2.36. The highest BCUT2D eigenvalue weighted by Gasteiger charge is 2.06. The Morgan fingerprint density at radius 1 is 1.44 bits per heavy atom. The quantitative estimate of drug-likeness (QED) is 0.746. The maximum absolute atomic E-state index is 11.5. The molecule has 1 unspecified atom stereocenters. The normalized spacial score (nSPS) is 12.4. The molecule has 102 valence electrons. The van der Waals surface area contributed by atoms with Crippen molar-refractivity contribution in [3.63, 3.8) is 0 Å². The zero-order chi connectivity index (χ0) is 13.5. The zero-order valence-electron chi connectivity index (χ0n) is 11.7. The van der Waals surface area contributed by atoms with Gasteiger partial charge in [-0.1, -0.05) is 6.92 Å². The van der Waals surface area contributed by atoms with Gasteiger partial charge in [0.15, 0.2) is 0 Å². The number of nitrogens with zero attached hydrogens (tertiary/aromatic N) is 1. The largest absolute Gasteiger partial charge is 0.354 e. The lowest BCUT2D eigenvalue weighted by molar-refractivity contribution is -0.121. The van der Waals surface area contributed by atoms with Gasteiger partial charge in [0.05, 0.1) is 5.69 Å². The van der Waals surface area contributed by atoms with E-state index >= 15 is 0 Å². The van der Waals surface area contributed by atoms with Gasteiger partial charge in [0.2, 0.25) is 5.91 Å². The lowest BCUT2D eigenvalue weighted by Gasteiger charge is -2.11. The van der Waals surface area contributed by atoms with Crippen LogP contribution in [0.25, 0.3) is 0 Å². The van der Waals surface area contributed by atoms with Crippen LogP contribution in [0.3, 0.4) is 0 Å². The van der Waals surface area contributed by atoms with Crippen LogP contribution < -0.4 is 10.6 Å². The van der Waals surface area contributed by atoms with Crippen LogP contribution in [0.1, 0.15) is 42.3 Å². The molecule has 0 aromatic carbocycles. The Morgan fingerprint density at radius 2 is 2.17 bits per heavy atom. The first-order valence-corrected chi connectivity index (χ1v) is 7.27. The third-order valence-corrected chi connectivity index (χ3v) is 3.97. The fraction of sp³-hybridized carbons (Fsp3) is 0.692. The van der Waals surface area contributed by atoms with Crippen molar-refractivity contribution in [2.24, 2.45) is 0 Å². The van der Waals surface area contributed by atoms with E-state index in [-0.39, 0.29) is 11.9 Å². The Hall–Kier alpha value is -0.940. The van der Waals surface area contributed by atoms with E-state index in [9.17, 15) is 4.79 Å². The lowest BCUT2D eigenvalue weighted by Crippen LogP contribution is -2.33. The summed E-state index contributed by atoms with van der Waals surface area (Å²) in [7, 11) is 0. The summed E-state index contributed by atoms with van der Waals surface area (Å²) in [5.74, 6) is 0.114. The predicted octanol–water partition coefficient (Wildman–Crippen LogP) is 2.15. The summed E-state index contributed by atoms with van der Waals surface area (Å²) in [6.45, 7) is 9.63. The van der Waals surface area contributed by atoms with Gasteiger partial charge in [-0.25, -0.2) is 4.98 Å². The summed E-state index contributed by atoms with van der Waals surface area (Å²) in [6.07, 6.45) is 1.49. The molecule has 0 saturated carbocycles. The highest BCUT2D eigenvalue weighted by molar-refractivity contribution is 7.11. The van der Waals surface area contributed by atoms with Crippen LogP contribution in [-0.2, 0) is 11.3 Å². The second-order valence-electron chi connectivity index (χ2n) is 4.55. The van der Waals surface area contributed by atoms with Gasteiger partial charge in [0.1, 0.15) is 5.01 Å². The van der Waals surface area contributed by atoms with Gasteiger partial charge < -0.3 is 10.6 Å². The SMILES string of the molecule is CCC(C)NC(=O)CCNCc1nc(C)c(C)s1. The first kappa shape index (κ1) is 15.1. The smallest absolute Gasteiger partial charge is 0.221 e. The Morgan fingerprint density at radius 3 is 2.72 bits per heavy atom. The van der Waals surface area contributed by atoms with Crippen LogP contribution in [0.15, 0.2) is 0 Å². The van der Waals surface area contributed by atoms with Gasteiger partial charge in [-0.2, -0.15) is 0 Å². The van der Waals surface area contributed by atoms with Crippen molar-refractivity contribution in [3.05, 3.63) is 15.6 Å². The Kier molecular flexibility index (Phi) is 6.29. The molecule has 5 heteroatoms. The predicted molar refractivity (Wildman–Crippen MR) is 75.8 cm³/mol. The van der Waals surface area contributed by atoms with Gasteiger partial charge >= 0.3 is 0 Å². The van der Waals surface area contributed by atoms with E-state index in [4.69, 9.17) is 0 Å². The van der Waals surface area contributed by atoms with Crippen molar-refractivity contribution in [2.75, 3.05) is 6.54 Å². The molecule has 2 N–H and O–H groups in total. The molecule has 0 aliphatic carbocycles. The van der Waals surface area contributed by atoms with E-state index in [0.717, 1.165) is 23.7 Å². The van der Waals surface area contributed by atoms with Crippen LogP contribution >= 0.6 is 11.3 Å². The van der Waals surface area contributed by atoms with Gasteiger partial charge in [0, 0.05) is 30.4 Å². The summed E-state index contributed by atoms with van der Waals surface area (Å²) in [6, 6.07) is 0.266. The minimum Gasteiger partial charge on any atom is -0.354 e. The molecule has 0 fully saturated rings. The molecular formula is C13H23N3OS. The number of rotatable bonds is 7. The van der Waals surface area contributed by atoms with Crippen LogP contribution in [0.5, 0.6) is 0 Å². The summed E-state index contributed by atoms with van der Waals surface area (Å²) < 4.78 is 0. The number of thiazole rings is 1. The first-order valence-electron chi connectivity index (χ1n) is 6.46. The number of hydrogen-bond donors (Lipinski definition) is 2. The van der Waals surface area contributed by atoms with Crippen molar-refractivity contribution in [1.82, 2.24) is 15.6 Å². The second kappa shape index (κ2) is 7.48. The van der Waals surface area contributed by atoms with Gasteiger partial charge in [-0.15, -0.1) is 11.3 Å². The molecule has 1 aromatic rings. The lowest BCUT2D eigenvalue weighted by atomic mass is 10.2. The minimum absolute atomic E-state index is 0.114. The molecule has 0 radical (unpaired) electrons. The average Bonchev–Trinajstić information content (AvgIpc) is 2.64. The summed E-state index contributed by atoms with van der Waals surface area (Å²) in [4.78, 5) is 17.2. The molecule has 1 amide bonds. The van der Waals surface area contributed by atoms with Crippen molar-refractivity contribution >= 4 is 17.2 Å². The molecule has 0 spiro atoms. The minimum atomic E-state index is 0.114. The number of carbonyl (C=O) groups excluding carboxylic acids is 1. The molecule has 1 aromatic heterocycles. The van der Waals surface area contributed by atoms with Crippen molar-refractivity contribution < 1.29 is 4.79 Å². The highest BCUT2D eigenvalue weighted by Crippen LogP contribution is 2.15. The number of nitrogens with one attached hydrogen (secondary N) is 2. The van der Waals surface area contributed by atoms with Crippen LogP contribution in [-0.4, -0.2) is 23.5 Å². The Balaban J connectivity index is 2.17. The number of carbonyl (C=O) groups is 1. The van der Waals surface area contributed by atoms with E-state index in [1.54, 1.807) is 11.3 Å². The van der Waals surface area contributed by atoms with E-state index < -0.39 is 0 Å². The third kappa shape index (κ3) is 5.14. The summed E-state index contributed by atoms with van der Waals surface area (Å²) in [5.41, 5.74) is 1.10. The second-order valence-corrected chi connectivity index (χ2v) is 5.84. The highest BCUT2D eigenvalue weighted by atomic mass is 32.1. The molecule has 1 atom stereocenters. The molecule has 0 aliphatic rings. The number of aromatic nitrogens is 1. The summed E-state index contributed by atoms with van der Waals surface area (Å²) >= 11 is 1.71. The summed E-state index contributed by atoms with van der Waals surface area (Å²) in [5, 5.41) is 7.29. The van der Waals surface area contributed by atoms with Gasteiger partial charge in [-0.3, -0.25) is 4.79 Å². The van der Waals surface area contributed by atoms with Crippen LogP contribution in [0.2, 0.25) is 0 Å². The van der Waals surface area contributed by atoms with E-state index in [1.807, 2.05) is 13.8 Å². The molecule has 4 nitrogen and oxygen atoms in total. The van der Waals surface area contributed by atoms with E-state index in [1.165, 1.54) is 4.88 Å². The maximum atomic E-state index is 11.5. The molecule has 18 heavy (non-hydrogen) atoms. The van der Waals surface area contributed by atoms with Crippen molar-refractivity contribution in [2.45, 2.75) is 53.1 Å². The molecular weight excluding hydrogens is 246 g/mol. The van der Waals surface area contributed by atoms with Crippen LogP contribution in [0, 0.1) is 13.8 Å². The van der Waals surface area contributed by atoms with Crippen molar-refractivity contribution in [1.29, 1.82) is 0 Å². The van der Waals surface area contributed by atoms with E-state index in [2.05, 4.69) is 29.5 Å². The molecule has 0 aliphatic heterocycles. The van der Waals surface area contributed by atoms with Gasteiger partial charge in [-0.05, 0) is 27.2 Å². The topological polar surface area (TPSA) is 54.0 Å².